The quantitative estimate of drug-likeness (QED) is 0.00853. The highest BCUT2D eigenvalue weighted by atomic mass is 16.6. The van der Waals surface area contributed by atoms with Crippen molar-refractivity contribution in [2.75, 3.05) is 119 Å². The molecule has 0 fully saturated rings. The molecule has 0 saturated carbocycles. The summed E-state index contributed by atoms with van der Waals surface area (Å²) in [6.45, 7) is 18.9. The molecule has 0 aromatic heterocycles. The fourth-order valence-corrected chi connectivity index (χ4v) is 12.0. The topological polar surface area (TPSA) is 426 Å². The highest BCUT2D eigenvalue weighted by Crippen LogP contribution is 2.48. The first kappa shape index (κ1) is 107. The molecule has 0 radical (unpaired) electrons. The molecule has 0 bridgehead atoms. The number of fused-ring (bicyclic) bond motifs is 6. The molecule has 0 aliphatic carbocycles. The van der Waals surface area contributed by atoms with Gasteiger partial charge in [0.1, 0.15) is 188 Å². The lowest BCUT2D eigenvalue weighted by Crippen LogP contribution is -2.11. The molecule has 10 aromatic rings. The molecule has 0 aliphatic heterocycles. The van der Waals surface area contributed by atoms with Gasteiger partial charge in [0.25, 0.3) is 0 Å². The molecule has 744 valence electrons. The minimum absolute atomic E-state index is 0.0391. The molecule has 10 rings (SSSR count). The van der Waals surface area contributed by atoms with Crippen molar-refractivity contribution < 1.29 is 171 Å². The van der Waals surface area contributed by atoms with Gasteiger partial charge < -0.3 is 114 Å². The van der Waals surface area contributed by atoms with Crippen molar-refractivity contribution in [1.82, 2.24) is 0 Å². The molecule has 0 atom stereocenters. The Morgan fingerprint density at radius 2 is 0.285 bits per heavy atom. The summed E-state index contributed by atoms with van der Waals surface area (Å²) in [6.07, 6.45) is 20.3. The van der Waals surface area contributed by atoms with E-state index in [9.17, 15) is 57.5 Å². The van der Waals surface area contributed by atoms with E-state index >= 15 is 0 Å². The maximum Gasteiger partial charge on any atom is 0.336 e. The van der Waals surface area contributed by atoms with Gasteiger partial charge in [0.05, 0.1) is 0 Å². The molecule has 0 N–H and O–H groups in total. The second kappa shape index (κ2) is 58.6. The van der Waals surface area contributed by atoms with Crippen molar-refractivity contribution >= 4 is 104 Å². The fourth-order valence-electron chi connectivity index (χ4n) is 12.0. The summed E-state index contributed by atoms with van der Waals surface area (Å²) in [5.41, 5.74) is 0. The zero-order chi connectivity index (χ0) is 102. The average Bonchev–Trinajstić information content (AvgIpc) is 0.721. The summed E-state index contributed by atoms with van der Waals surface area (Å²) >= 11 is 0. The standard InChI is InChI=1S/C108H96O36/c1-7-97(109)133-61-55-127-79-37-25-73(26-38-79)121-49-13-19-103(115)139-91-67-85-86(68-92(91)140-104(116)20-14-50-122-74-27-39-80(40-28-74)128-56-62-134-98(110)8-2)88-70-94(142-106(118)22-16-52-124-76-31-43-82(44-32-76)130-58-64-136-100(112)10-4)96(144-108(120)24-18-54-126-78-35-47-84(48-36-78)132-60-66-138-102(114)12-6)72-90(88)89-71-95(143-107(119)23-17-53-125-77-33-45-83(46-34-77)131-59-65-137-101(113)11-5)93(69-87(85)89)141-105(117)21-15-51-123-75-29-41-81(42-30-75)129-57-63-135-99(111)9-3/h7-48,67-72H,1-6,49-66H2/b19-13+,20-14+,21-15+,22-16+,23-17+,24-18+. The number of benzene rings is 10. The van der Waals surface area contributed by atoms with E-state index in [0.29, 0.717) is 69.0 Å². The average molecular weight is 1970 g/mol. The third kappa shape index (κ3) is 37.5. The van der Waals surface area contributed by atoms with Crippen LogP contribution in [0.4, 0.5) is 0 Å². The zero-order valence-electron chi connectivity index (χ0n) is 77.4. The van der Waals surface area contributed by atoms with E-state index in [1.54, 1.807) is 146 Å². The van der Waals surface area contributed by atoms with Crippen molar-refractivity contribution in [3.05, 3.63) is 331 Å². The molecule has 0 aliphatic rings. The molecule has 0 unspecified atom stereocenters. The molecule has 0 spiro atoms. The van der Waals surface area contributed by atoms with E-state index in [4.69, 9.17) is 114 Å². The first-order chi connectivity index (χ1) is 70.0. The van der Waals surface area contributed by atoms with Crippen LogP contribution < -0.4 is 85.3 Å². The zero-order valence-corrected chi connectivity index (χ0v) is 77.4. The summed E-state index contributed by atoms with van der Waals surface area (Å²) in [4.78, 5) is 156. The monoisotopic (exact) mass is 1970 g/mol. The van der Waals surface area contributed by atoms with Crippen LogP contribution in [-0.4, -0.2) is 191 Å². The van der Waals surface area contributed by atoms with Gasteiger partial charge in [-0.05, 0) is 251 Å². The molecule has 0 heterocycles. The Morgan fingerprint density at radius 3 is 0.403 bits per heavy atom. The second-order valence-electron chi connectivity index (χ2n) is 28.5. The number of carbonyl (C=O) groups is 12. The number of rotatable bonds is 60. The van der Waals surface area contributed by atoms with E-state index in [-0.39, 0.29) is 151 Å². The van der Waals surface area contributed by atoms with E-state index in [1.807, 2.05) is 0 Å². The van der Waals surface area contributed by atoms with Crippen molar-refractivity contribution in [3.8, 4) is 103 Å². The van der Waals surface area contributed by atoms with E-state index in [2.05, 4.69) is 39.5 Å². The van der Waals surface area contributed by atoms with Crippen LogP contribution in [0, 0.1) is 0 Å². The minimum atomic E-state index is -1.06. The van der Waals surface area contributed by atoms with Crippen molar-refractivity contribution in [2.45, 2.75) is 0 Å². The summed E-state index contributed by atoms with van der Waals surface area (Å²) in [6, 6.07) is 46.1. The minimum Gasteiger partial charge on any atom is -0.490 e. The lowest BCUT2D eigenvalue weighted by molar-refractivity contribution is -0.139. The van der Waals surface area contributed by atoms with Gasteiger partial charge in [-0.1, -0.05) is 39.5 Å². The van der Waals surface area contributed by atoms with Gasteiger partial charge in [-0.25, -0.2) is 57.5 Å². The summed E-state index contributed by atoms with van der Waals surface area (Å²) in [7, 11) is 0. The van der Waals surface area contributed by atoms with Crippen LogP contribution in [0.2, 0.25) is 0 Å². The molecule has 10 aromatic carbocycles. The van der Waals surface area contributed by atoms with E-state index < -0.39 is 106 Å². The van der Waals surface area contributed by atoms with Crippen LogP contribution in [0.1, 0.15) is 0 Å². The Balaban J connectivity index is 1.06. The number of carbonyl (C=O) groups excluding carboxylic acids is 12. The molecule has 0 saturated heterocycles. The Kier molecular flexibility index (Phi) is 43.6. The van der Waals surface area contributed by atoms with E-state index in [1.165, 1.54) is 72.9 Å². The Labute approximate surface area is 824 Å². The van der Waals surface area contributed by atoms with Gasteiger partial charge in [0.15, 0.2) is 34.5 Å². The predicted molar refractivity (Wildman–Crippen MR) is 519 cm³/mol. The Hall–Kier alpha value is -18.9. The highest BCUT2D eigenvalue weighted by molar-refractivity contribution is 6.27. The third-order valence-electron chi connectivity index (χ3n) is 18.5. The number of hydrogen-bond acceptors (Lipinski definition) is 36. The highest BCUT2D eigenvalue weighted by Gasteiger charge is 2.25. The van der Waals surface area contributed by atoms with Gasteiger partial charge in [0.2, 0.25) is 0 Å². The van der Waals surface area contributed by atoms with Crippen molar-refractivity contribution in [2.24, 2.45) is 0 Å². The van der Waals surface area contributed by atoms with Crippen molar-refractivity contribution in [1.29, 1.82) is 0 Å². The van der Waals surface area contributed by atoms with Crippen LogP contribution in [0.15, 0.2) is 331 Å². The van der Waals surface area contributed by atoms with Gasteiger partial charge in [-0.3, -0.25) is 0 Å². The van der Waals surface area contributed by atoms with Crippen LogP contribution in [0.25, 0.3) is 32.3 Å². The van der Waals surface area contributed by atoms with Crippen LogP contribution >= 0.6 is 0 Å². The van der Waals surface area contributed by atoms with Crippen LogP contribution in [0.3, 0.4) is 0 Å². The van der Waals surface area contributed by atoms with Crippen molar-refractivity contribution in [3.63, 3.8) is 0 Å². The van der Waals surface area contributed by atoms with Gasteiger partial charge in [-0.2, -0.15) is 0 Å². The van der Waals surface area contributed by atoms with Gasteiger partial charge in [-0.15, -0.1) is 0 Å². The maximum absolute atomic E-state index is 14.4. The SMILES string of the molecule is C=CC(=O)OCCOc1ccc(OC/C=C/C(=O)Oc2cc3c4cc(OC(=O)/C=C/COc5ccc(OCCOC(=O)C=C)cc5)c(OC(=O)/C=C/COc5ccc(OCCOC(=O)C=C)cc5)cc4c4cc(OC(=O)/C=C/COc5ccc(OCCOC(=O)C=C)cc5)c(OC(=O)/C=C/COc5ccc(OCCOC(=O)C=C)cc5)cc4c3cc2OC(=O)/C=C/COc2ccc(OCCOC(=O)C=C)cc2)cc1. The molecule has 36 heteroatoms. The van der Waals surface area contributed by atoms with Gasteiger partial charge >= 0.3 is 71.6 Å². The first-order valence-electron chi connectivity index (χ1n) is 43.8. The lowest BCUT2D eigenvalue weighted by Gasteiger charge is -2.18. The number of ether oxygens (including phenoxy) is 24. The maximum atomic E-state index is 14.4. The molecule has 144 heavy (non-hydrogen) atoms. The molecular weight excluding hydrogens is 1870 g/mol. The predicted octanol–water partition coefficient (Wildman–Crippen LogP) is 15.0. The number of hydrogen-bond donors (Lipinski definition) is 0. The van der Waals surface area contributed by atoms with Crippen LogP contribution in [-0.2, 0) is 86.0 Å². The van der Waals surface area contributed by atoms with Gasteiger partial charge in [0, 0.05) is 72.9 Å². The fraction of sp³-hybridized carbons (Fsp3) is 0.167. The molecule has 36 nitrogen and oxygen atoms in total. The Morgan fingerprint density at radius 1 is 0.167 bits per heavy atom. The lowest BCUT2D eigenvalue weighted by atomic mass is 9.93. The second-order valence-corrected chi connectivity index (χ2v) is 28.5. The van der Waals surface area contributed by atoms with E-state index in [0.717, 1.165) is 72.9 Å². The van der Waals surface area contributed by atoms with Crippen LogP contribution in [0.5, 0.6) is 103 Å². The summed E-state index contributed by atoms with van der Waals surface area (Å²) in [5.74, 6) is -8.02. The number of esters is 12. The largest absolute Gasteiger partial charge is 0.490 e. The smallest absolute Gasteiger partial charge is 0.336 e. The normalized spacial score (nSPS) is 10.9. The molecular formula is C108H96O36. The first-order valence-corrected chi connectivity index (χ1v) is 43.8. The Bertz CT molecular complexity index is 5360. The summed E-state index contributed by atoms with van der Waals surface area (Å²) in [5, 5.41) is 0.476. The third-order valence-corrected chi connectivity index (χ3v) is 18.5. The summed E-state index contributed by atoms with van der Waals surface area (Å²) < 4.78 is 136. The molecule has 0 amide bonds.